The van der Waals surface area contributed by atoms with Gasteiger partial charge in [0.2, 0.25) is 0 Å². The zero-order valence-corrected chi connectivity index (χ0v) is 12.2. The highest BCUT2D eigenvalue weighted by Crippen LogP contribution is 2.43. The van der Waals surface area contributed by atoms with Crippen LogP contribution in [-0.2, 0) is 4.74 Å². The van der Waals surface area contributed by atoms with Crippen LogP contribution in [0.4, 0.5) is 0 Å². The van der Waals surface area contributed by atoms with Gasteiger partial charge in [0.05, 0.1) is 17.8 Å². The maximum atomic E-state index is 9.75. The Morgan fingerprint density at radius 2 is 2.05 bits per heavy atom. The summed E-state index contributed by atoms with van der Waals surface area (Å²) in [5.74, 6) is 0.776. The van der Waals surface area contributed by atoms with Crippen LogP contribution in [0.15, 0.2) is 24.3 Å². The molecule has 1 unspecified atom stereocenters. The van der Waals surface area contributed by atoms with Gasteiger partial charge in [-0.05, 0) is 38.7 Å². The molecular formula is C17H24O3. The third kappa shape index (κ3) is 2.84. The number of hydrogen-bond acceptors (Lipinski definition) is 3. The van der Waals surface area contributed by atoms with Crippen LogP contribution in [0.2, 0.25) is 0 Å². The lowest BCUT2D eigenvalue weighted by Gasteiger charge is -2.24. The third-order valence-corrected chi connectivity index (χ3v) is 4.65. The molecule has 0 bridgehead atoms. The SMILES string of the molecule is C[C@H](O)c1ccccc1OCC1CCC2(CCCC2)O1. The van der Waals surface area contributed by atoms with Crippen LogP contribution in [0, 0.1) is 0 Å². The maximum absolute atomic E-state index is 9.75. The smallest absolute Gasteiger partial charge is 0.125 e. The normalized spacial score (nSPS) is 26.0. The average Bonchev–Trinajstić information content (AvgIpc) is 3.07. The van der Waals surface area contributed by atoms with Crippen molar-refractivity contribution in [1.82, 2.24) is 0 Å². The summed E-state index contributed by atoms with van der Waals surface area (Å²) in [5, 5.41) is 9.75. The molecule has 110 valence electrons. The molecule has 2 aliphatic rings. The van der Waals surface area contributed by atoms with Crippen LogP contribution in [0.1, 0.15) is 57.1 Å². The van der Waals surface area contributed by atoms with Gasteiger partial charge < -0.3 is 14.6 Å². The number of hydrogen-bond donors (Lipinski definition) is 1. The van der Waals surface area contributed by atoms with Crippen molar-refractivity contribution >= 4 is 0 Å². The molecule has 1 saturated carbocycles. The Kier molecular flexibility index (Phi) is 3.99. The number of aliphatic hydroxyl groups is 1. The summed E-state index contributed by atoms with van der Waals surface area (Å²) in [5.41, 5.74) is 1.01. The molecule has 1 aliphatic heterocycles. The Bertz CT molecular complexity index is 449. The molecule has 3 heteroatoms. The number of ether oxygens (including phenoxy) is 2. The summed E-state index contributed by atoms with van der Waals surface area (Å²) in [6.07, 6.45) is 7.01. The van der Waals surface area contributed by atoms with Crippen LogP contribution in [0.5, 0.6) is 5.75 Å². The molecule has 1 spiro atoms. The van der Waals surface area contributed by atoms with Gasteiger partial charge in [0.25, 0.3) is 0 Å². The maximum Gasteiger partial charge on any atom is 0.125 e. The van der Waals surface area contributed by atoms with Crippen molar-refractivity contribution in [3.8, 4) is 5.75 Å². The molecule has 1 aliphatic carbocycles. The molecule has 3 rings (SSSR count). The number of para-hydroxylation sites is 1. The van der Waals surface area contributed by atoms with E-state index in [1.54, 1.807) is 6.92 Å². The fraction of sp³-hybridized carbons (Fsp3) is 0.647. The van der Waals surface area contributed by atoms with E-state index in [4.69, 9.17) is 9.47 Å². The van der Waals surface area contributed by atoms with Gasteiger partial charge in [-0.1, -0.05) is 31.0 Å². The molecule has 20 heavy (non-hydrogen) atoms. The van der Waals surface area contributed by atoms with Crippen LogP contribution in [0.25, 0.3) is 0 Å². The highest BCUT2D eigenvalue weighted by molar-refractivity contribution is 5.34. The Morgan fingerprint density at radius 1 is 1.30 bits per heavy atom. The zero-order valence-electron chi connectivity index (χ0n) is 12.2. The third-order valence-electron chi connectivity index (χ3n) is 4.65. The fourth-order valence-electron chi connectivity index (χ4n) is 3.54. The number of aliphatic hydroxyl groups excluding tert-OH is 1. The van der Waals surface area contributed by atoms with Crippen LogP contribution >= 0.6 is 0 Å². The second-order valence-corrected chi connectivity index (χ2v) is 6.19. The first-order chi connectivity index (χ1) is 9.69. The summed E-state index contributed by atoms with van der Waals surface area (Å²) < 4.78 is 12.1. The molecular weight excluding hydrogens is 252 g/mol. The highest BCUT2D eigenvalue weighted by atomic mass is 16.6. The number of rotatable bonds is 4. The molecule has 1 heterocycles. The summed E-state index contributed by atoms with van der Waals surface area (Å²) in [6.45, 7) is 2.35. The van der Waals surface area contributed by atoms with E-state index in [2.05, 4.69) is 0 Å². The van der Waals surface area contributed by atoms with Crippen molar-refractivity contribution in [1.29, 1.82) is 0 Å². The van der Waals surface area contributed by atoms with Gasteiger partial charge in [-0.25, -0.2) is 0 Å². The summed E-state index contributed by atoms with van der Waals surface area (Å²) in [6, 6.07) is 7.69. The van der Waals surface area contributed by atoms with Crippen molar-refractivity contribution in [2.24, 2.45) is 0 Å². The van der Waals surface area contributed by atoms with Gasteiger partial charge in [-0.15, -0.1) is 0 Å². The lowest BCUT2D eigenvalue weighted by molar-refractivity contribution is -0.0511. The Hall–Kier alpha value is -1.06. The predicted octanol–water partition coefficient (Wildman–Crippen LogP) is 3.61. The first-order valence-electron chi connectivity index (χ1n) is 7.76. The Labute approximate surface area is 120 Å². The van der Waals surface area contributed by atoms with Crippen molar-refractivity contribution in [2.75, 3.05) is 6.61 Å². The highest BCUT2D eigenvalue weighted by Gasteiger charge is 2.42. The Morgan fingerprint density at radius 3 is 2.80 bits per heavy atom. The van der Waals surface area contributed by atoms with Crippen LogP contribution in [0.3, 0.4) is 0 Å². The molecule has 0 aromatic heterocycles. The van der Waals surface area contributed by atoms with Gasteiger partial charge in [-0.2, -0.15) is 0 Å². The first-order valence-corrected chi connectivity index (χ1v) is 7.76. The van der Waals surface area contributed by atoms with Crippen molar-refractivity contribution < 1.29 is 14.6 Å². The van der Waals surface area contributed by atoms with Crippen LogP contribution in [-0.4, -0.2) is 23.4 Å². The van der Waals surface area contributed by atoms with E-state index in [1.807, 2.05) is 24.3 Å². The molecule has 0 amide bonds. The van der Waals surface area contributed by atoms with Crippen molar-refractivity contribution in [2.45, 2.75) is 63.3 Å². The zero-order chi connectivity index (χ0) is 14.0. The molecule has 1 aromatic rings. The Balaban J connectivity index is 1.58. The monoisotopic (exact) mass is 276 g/mol. The first kappa shape index (κ1) is 13.9. The van der Waals surface area contributed by atoms with Gasteiger partial charge in [0.15, 0.2) is 0 Å². The summed E-state index contributed by atoms with van der Waals surface area (Å²) >= 11 is 0. The molecule has 1 N–H and O–H groups in total. The molecule has 3 nitrogen and oxygen atoms in total. The second-order valence-electron chi connectivity index (χ2n) is 6.19. The number of benzene rings is 1. The van der Waals surface area contributed by atoms with E-state index in [-0.39, 0.29) is 11.7 Å². The molecule has 2 fully saturated rings. The lowest BCUT2D eigenvalue weighted by atomic mass is 9.98. The topological polar surface area (TPSA) is 38.7 Å². The lowest BCUT2D eigenvalue weighted by Crippen LogP contribution is -2.27. The van der Waals surface area contributed by atoms with Gasteiger partial charge in [0, 0.05) is 5.56 Å². The molecule has 1 saturated heterocycles. The molecule has 1 aromatic carbocycles. The minimum atomic E-state index is -0.503. The average molecular weight is 276 g/mol. The van der Waals surface area contributed by atoms with Crippen molar-refractivity contribution in [3.63, 3.8) is 0 Å². The van der Waals surface area contributed by atoms with E-state index in [1.165, 1.54) is 32.1 Å². The summed E-state index contributed by atoms with van der Waals surface area (Å²) in [7, 11) is 0. The minimum Gasteiger partial charge on any atom is -0.490 e. The largest absolute Gasteiger partial charge is 0.490 e. The fourth-order valence-corrected chi connectivity index (χ4v) is 3.54. The molecule has 0 radical (unpaired) electrons. The van der Waals surface area contributed by atoms with E-state index >= 15 is 0 Å². The standard InChI is InChI=1S/C17H24O3/c1-13(18)15-6-2-3-7-16(15)19-12-14-8-11-17(20-14)9-4-5-10-17/h2-3,6-7,13-14,18H,4-5,8-12H2,1H3/t13-,14?/m0/s1. The van der Waals surface area contributed by atoms with E-state index in [9.17, 15) is 5.11 Å². The van der Waals surface area contributed by atoms with Gasteiger partial charge in [0.1, 0.15) is 12.4 Å². The summed E-state index contributed by atoms with van der Waals surface area (Å²) in [4.78, 5) is 0. The molecule has 2 atom stereocenters. The van der Waals surface area contributed by atoms with E-state index in [0.717, 1.165) is 17.7 Å². The van der Waals surface area contributed by atoms with Gasteiger partial charge >= 0.3 is 0 Å². The van der Waals surface area contributed by atoms with Crippen molar-refractivity contribution in [3.05, 3.63) is 29.8 Å². The quantitative estimate of drug-likeness (QED) is 0.913. The van der Waals surface area contributed by atoms with E-state index in [0.29, 0.717) is 6.61 Å². The minimum absolute atomic E-state index is 0.164. The van der Waals surface area contributed by atoms with Gasteiger partial charge in [-0.3, -0.25) is 0 Å². The van der Waals surface area contributed by atoms with Crippen LogP contribution < -0.4 is 4.74 Å². The second kappa shape index (κ2) is 5.74. The van der Waals surface area contributed by atoms with E-state index < -0.39 is 6.10 Å². The predicted molar refractivity (Wildman–Crippen MR) is 77.9 cm³/mol.